The van der Waals surface area contributed by atoms with Gasteiger partial charge in [-0.1, -0.05) is 25.1 Å². The number of ether oxygens (including phenoxy) is 3. The lowest BCUT2D eigenvalue weighted by molar-refractivity contribution is -0.147. The Morgan fingerprint density at radius 1 is 1.07 bits per heavy atom. The summed E-state index contributed by atoms with van der Waals surface area (Å²) in [6, 6.07) is 9.10. The van der Waals surface area contributed by atoms with E-state index in [0.717, 1.165) is 16.9 Å². The molecule has 0 unspecified atom stereocenters. The number of anilines is 1. The SMILES string of the molecule is CCOC(=O)c1c(NC(=O)COC(=O)CCOc2ccccc2)sc(CC)c1C. The third-order valence-corrected chi connectivity index (χ3v) is 5.33. The van der Waals surface area contributed by atoms with Gasteiger partial charge in [-0.2, -0.15) is 0 Å². The van der Waals surface area contributed by atoms with Crippen molar-refractivity contribution in [2.24, 2.45) is 0 Å². The Morgan fingerprint density at radius 3 is 2.45 bits per heavy atom. The Labute approximate surface area is 174 Å². The summed E-state index contributed by atoms with van der Waals surface area (Å²) >= 11 is 1.32. The highest BCUT2D eigenvalue weighted by Gasteiger charge is 2.23. The van der Waals surface area contributed by atoms with E-state index < -0.39 is 24.5 Å². The molecule has 1 aromatic heterocycles. The number of carbonyl (C=O) groups excluding carboxylic acids is 3. The van der Waals surface area contributed by atoms with Crippen LogP contribution in [-0.2, 0) is 25.5 Å². The van der Waals surface area contributed by atoms with Crippen molar-refractivity contribution in [3.63, 3.8) is 0 Å². The van der Waals surface area contributed by atoms with Crippen LogP contribution in [0.4, 0.5) is 5.00 Å². The van der Waals surface area contributed by atoms with E-state index in [9.17, 15) is 14.4 Å². The molecule has 2 aromatic rings. The molecule has 0 radical (unpaired) electrons. The van der Waals surface area contributed by atoms with Crippen molar-refractivity contribution in [2.75, 3.05) is 25.1 Å². The number of nitrogens with one attached hydrogen (secondary N) is 1. The minimum Gasteiger partial charge on any atom is -0.493 e. The van der Waals surface area contributed by atoms with E-state index in [-0.39, 0.29) is 19.6 Å². The van der Waals surface area contributed by atoms with E-state index in [1.165, 1.54) is 11.3 Å². The van der Waals surface area contributed by atoms with Gasteiger partial charge in [0.25, 0.3) is 5.91 Å². The molecule has 1 aromatic carbocycles. The maximum atomic E-state index is 12.2. The molecule has 0 aliphatic rings. The van der Waals surface area contributed by atoms with Crippen LogP contribution in [0.15, 0.2) is 30.3 Å². The molecule has 0 atom stereocenters. The first-order valence-electron chi connectivity index (χ1n) is 9.38. The van der Waals surface area contributed by atoms with Crippen molar-refractivity contribution in [3.05, 3.63) is 46.3 Å². The average molecular weight is 419 g/mol. The summed E-state index contributed by atoms with van der Waals surface area (Å²) in [5, 5.41) is 3.06. The molecule has 1 amide bonds. The molecular formula is C21H25NO6S. The Hall–Kier alpha value is -2.87. The second kappa shape index (κ2) is 11.2. The first-order valence-corrected chi connectivity index (χ1v) is 10.2. The number of aryl methyl sites for hydroxylation is 1. The fourth-order valence-corrected chi connectivity index (χ4v) is 3.73. The molecule has 0 saturated carbocycles. The summed E-state index contributed by atoms with van der Waals surface area (Å²) in [7, 11) is 0. The molecule has 1 heterocycles. The van der Waals surface area contributed by atoms with Gasteiger partial charge in [0.05, 0.1) is 25.2 Å². The van der Waals surface area contributed by atoms with Crippen LogP contribution >= 0.6 is 11.3 Å². The zero-order chi connectivity index (χ0) is 21.2. The van der Waals surface area contributed by atoms with Crippen LogP contribution in [0.25, 0.3) is 0 Å². The highest BCUT2D eigenvalue weighted by atomic mass is 32.1. The predicted octanol–water partition coefficient (Wildman–Crippen LogP) is 3.75. The van der Waals surface area contributed by atoms with Crippen molar-refractivity contribution >= 4 is 34.2 Å². The topological polar surface area (TPSA) is 90.9 Å². The van der Waals surface area contributed by atoms with E-state index >= 15 is 0 Å². The number of para-hydroxylation sites is 1. The third-order valence-electron chi connectivity index (χ3n) is 3.98. The molecule has 156 valence electrons. The molecule has 0 spiro atoms. The summed E-state index contributed by atoms with van der Waals surface area (Å²) in [5.41, 5.74) is 1.14. The van der Waals surface area contributed by atoms with E-state index in [0.29, 0.717) is 16.3 Å². The Morgan fingerprint density at radius 2 is 1.79 bits per heavy atom. The first-order chi connectivity index (χ1) is 14.0. The monoisotopic (exact) mass is 419 g/mol. The quantitative estimate of drug-likeness (QED) is 0.590. The predicted molar refractivity (Wildman–Crippen MR) is 111 cm³/mol. The van der Waals surface area contributed by atoms with Crippen LogP contribution in [-0.4, -0.2) is 37.7 Å². The molecule has 8 heteroatoms. The van der Waals surface area contributed by atoms with Crippen LogP contribution in [0.5, 0.6) is 5.75 Å². The number of carbonyl (C=O) groups is 3. The summed E-state index contributed by atoms with van der Waals surface area (Å²) in [4.78, 5) is 37.2. The Kier molecular flexibility index (Phi) is 8.67. The third kappa shape index (κ3) is 6.60. The molecule has 0 saturated heterocycles. The van der Waals surface area contributed by atoms with Crippen molar-refractivity contribution in [2.45, 2.75) is 33.6 Å². The van der Waals surface area contributed by atoms with Gasteiger partial charge in [-0.25, -0.2) is 4.79 Å². The fraction of sp³-hybridized carbons (Fsp3) is 0.381. The minimum atomic E-state index is -0.543. The van der Waals surface area contributed by atoms with E-state index in [1.807, 2.05) is 32.0 Å². The van der Waals surface area contributed by atoms with Gasteiger partial charge in [-0.15, -0.1) is 11.3 Å². The van der Waals surface area contributed by atoms with Crippen molar-refractivity contribution in [1.29, 1.82) is 0 Å². The number of hydrogen-bond acceptors (Lipinski definition) is 7. The van der Waals surface area contributed by atoms with Crippen LogP contribution in [0.3, 0.4) is 0 Å². The van der Waals surface area contributed by atoms with Gasteiger partial charge in [-0.3, -0.25) is 9.59 Å². The van der Waals surface area contributed by atoms with Gasteiger partial charge in [-0.05, 0) is 38.0 Å². The molecule has 7 nitrogen and oxygen atoms in total. The van der Waals surface area contributed by atoms with Crippen LogP contribution < -0.4 is 10.1 Å². The van der Waals surface area contributed by atoms with Crippen molar-refractivity contribution < 1.29 is 28.6 Å². The summed E-state index contributed by atoms with van der Waals surface area (Å²) in [6.45, 7) is 5.47. The van der Waals surface area contributed by atoms with Gasteiger partial charge in [0, 0.05) is 4.88 Å². The number of rotatable bonds is 10. The number of esters is 2. The van der Waals surface area contributed by atoms with Gasteiger partial charge >= 0.3 is 11.9 Å². The van der Waals surface area contributed by atoms with Gasteiger partial charge in [0.1, 0.15) is 10.8 Å². The van der Waals surface area contributed by atoms with Gasteiger partial charge < -0.3 is 19.5 Å². The number of benzene rings is 1. The van der Waals surface area contributed by atoms with Crippen molar-refractivity contribution in [1.82, 2.24) is 0 Å². The molecule has 29 heavy (non-hydrogen) atoms. The highest BCUT2D eigenvalue weighted by molar-refractivity contribution is 7.17. The largest absolute Gasteiger partial charge is 0.493 e. The summed E-state index contributed by atoms with van der Waals surface area (Å²) in [6.07, 6.45) is 0.753. The number of amides is 1. The molecule has 2 rings (SSSR count). The lowest BCUT2D eigenvalue weighted by Gasteiger charge is -2.08. The zero-order valence-corrected chi connectivity index (χ0v) is 17.6. The first kappa shape index (κ1) is 22.4. The lowest BCUT2D eigenvalue weighted by atomic mass is 10.1. The number of thiophene rings is 1. The standard InChI is InChI=1S/C21H25NO6S/c1-4-16-14(3)19(21(25)26-5-2)20(29-16)22-17(23)13-28-18(24)11-12-27-15-9-7-6-8-10-15/h6-10H,4-5,11-13H2,1-3H3,(H,22,23). The summed E-state index contributed by atoms with van der Waals surface area (Å²) in [5.74, 6) is -0.884. The second-order valence-electron chi connectivity index (χ2n) is 6.05. The summed E-state index contributed by atoms with van der Waals surface area (Å²) < 4.78 is 15.5. The Bertz CT molecular complexity index is 846. The lowest BCUT2D eigenvalue weighted by Crippen LogP contribution is -2.22. The normalized spacial score (nSPS) is 10.3. The van der Waals surface area contributed by atoms with E-state index in [1.54, 1.807) is 19.1 Å². The molecule has 0 fully saturated rings. The van der Waals surface area contributed by atoms with E-state index in [4.69, 9.17) is 14.2 Å². The maximum absolute atomic E-state index is 12.2. The average Bonchev–Trinajstić information content (AvgIpc) is 3.02. The fourth-order valence-electron chi connectivity index (χ4n) is 2.58. The van der Waals surface area contributed by atoms with Gasteiger partial charge in [0.15, 0.2) is 6.61 Å². The highest BCUT2D eigenvalue weighted by Crippen LogP contribution is 2.34. The zero-order valence-electron chi connectivity index (χ0n) is 16.8. The molecule has 0 aliphatic carbocycles. The van der Waals surface area contributed by atoms with Crippen LogP contribution in [0.2, 0.25) is 0 Å². The maximum Gasteiger partial charge on any atom is 0.341 e. The van der Waals surface area contributed by atoms with Crippen molar-refractivity contribution in [3.8, 4) is 5.75 Å². The van der Waals surface area contributed by atoms with E-state index in [2.05, 4.69) is 5.32 Å². The molecule has 0 aliphatic heterocycles. The van der Waals surface area contributed by atoms with Gasteiger partial charge in [0.2, 0.25) is 0 Å². The second-order valence-corrected chi connectivity index (χ2v) is 7.15. The number of hydrogen-bond donors (Lipinski definition) is 1. The molecular weight excluding hydrogens is 394 g/mol. The van der Waals surface area contributed by atoms with Crippen LogP contribution in [0, 0.1) is 6.92 Å². The molecule has 0 bridgehead atoms. The van der Waals surface area contributed by atoms with Crippen LogP contribution in [0.1, 0.15) is 41.1 Å². The minimum absolute atomic E-state index is 0.0222. The smallest absolute Gasteiger partial charge is 0.341 e. The Balaban J connectivity index is 1.85. The molecule has 1 N–H and O–H groups in total.